The van der Waals surface area contributed by atoms with Crippen molar-refractivity contribution in [3.8, 4) is 0 Å². The SMILES string of the molecule is CC(=O)Nc1cccc(C(=O)N2CCCC(CCO)C2)c1. The van der Waals surface area contributed by atoms with Crippen molar-refractivity contribution in [2.75, 3.05) is 25.0 Å². The molecular formula is C16H22N2O3. The Morgan fingerprint density at radius 2 is 2.24 bits per heavy atom. The van der Waals surface area contributed by atoms with E-state index in [1.807, 2.05) is 4.90 Å². The van der Waals surface area contributed by atoms with Crippen LogP contribution in [0.15, 0.2) is 24.3 Å². The highest BCUT2D eigenvalue weighted by atomic mass is 16.3. The molecule has 0 aliphatic carbocycles. The molecule has 1 fully saturated rings. The highest BCUT2D eigenvalue weighted by Gasteiger charge is 2.24. The first-order chi connectivity index (χ1) is 10.1. The largest absolute Gasteiger partial charge is 0.396 e. The van der Waals surface area contributed by atoms with Crippen LogP contribution in [0.1, 0.15) is 36.5 Å². The molecule has 2 amide bonds. The van der Waals surface area contributed by atoms with E-state index in [2.05, 4.69) is 5.32 Å². The van der Waals surface area contributed by atoms with Gasteiger partial charge in [0, 0.05) is 37.9 Å². The standard InChI is InChI=1S/C16H22N2O3/c1-12(20)17-15-6-2-5-14(10-15)16(21)18-8-3-4-13(11-18)7-9-19/h2,5-6,10,13,19H,3-4,7-9,11H2,1H3,(H,17,20). The number of anilines is 1. The summed E-state index contributed by atoms with van der Waals surface area (Å²) in [4.78, 5) is 25.5. The number of aliphatic hydroxyl groups is 1. The van der Waals surface area contributed by atoms with E-state index >= 15 is 0 Å². The number of likely N-dealkylation sites (tertiary alicyclic amines) is 1. The van der Waals surface area contributed by atoms with Crippen LogP contribution in [0.5, 0.6) is 0 Å². The maximum atomic E-state index is 12.5. The van der Waals surface area contributed by atoms with Crippen molar-refractivity contribution in [3.05, 3.63) is 29.8 Å². The van der Waals surface area contributed by atoms with Gasteiger partial charge in [0.2, 0.25) is 5.91 Å². The highest BCUT2D eigenvalue weighted by molar-refractivity contribution is 5.96. The Morgan fingerprint density at radius 1 is 1.43 bits per heavy atom. The molecule has 0 saturated carbocycles. The molecule has 5 nitrogen and oxygen atoms in total. The number of rotatable bonds is 4. The molecule has 1 atom stereocenters. The van der Waals surface area contributed by atoms with Crippen molar-refractivity contribution in [3.63, 3.8) is 0 Å². The molecule has 0 spiro atoms. The minimum Gasteiger partial charge on any atom is -0.396 e. The van der Waals surface area contributed by atoms with Crippen LogP contribution in [-0.2, 0) is 4.79 Å². The third kappa shape index (κ3) is 4.29. The average Bonchev–Trinajstić information content (AvgIpc) is 2.47. The minimum atomic E-state index is -0.152. The summed E-state index contributed by atoms with van der Waals surface area (Å²) in [6.45, 7) is 3.07. The van der Waals surface area contributed by atoms with E-state index in [1.165, 1.54) is 6.92 Å². The third-order valence-corrected chi connectivity index (χ3v) is 3.77. The number of nitrogens with one attached hydrogen (secondary N) is 1. The van der Waals surface area contributed by atoms with E-state index < -0.39 is 0 Å². The number of benzene rings is 1. The number of amides is 2. The second-order valence-electron chi connectivity index (χ2n) is 5.53. The number of carbonyl (C=O) groups excluding carboxylic acids is 2. The monoisotopic (exact) mass is 290 g/mol. The maximum Gasteiger partial charge on any atom is 0.253 e. The zero-order valence-corrected chi connectivity index (χ0v) is 12.3. The number of carbonyl (C=O) groups is 2. The Balaban J connectivity index is 2.06. The van der Waals surface area contributed by atoms with Crippen molar-refractivity contribution < 1.29 is 14.7 Å². The number of hydrogen-bond donors (Lipinski definition) is 2. The fraction of sp³-hybridized carbons (Fsp3) is 0.500. The van der Waals surface area contributed by atoms with Crippen molar-refractivity contribution in [1.82, 2.24) is 4.90 Å². The molecule has 1 aromatic carbocycles. The van der Waals surface area contributed by atoms with Gasteiger partial charge < -0.3 is 15.3 Å². The molecule has 5 heteroatoms. The predicted octanol–water partition coefficient (Wildman–Crippen LogP) is 1.88. The summed E-state index contributed by atoms with van der Waals surface area (Å²) in [7, 11) is 0. The van der Waals surface area contributed by atoms with Crippen molar-refractivity contribution in [1.29, 1.82) is 0 Å². The van der Waals surface area contributed by atoms with Gasteiger partial charge in [0.15, 0.2) is 0 Å². The van der Waals surface area contributed by atoms with Crippen LogP contribution >= 0.6 is 0 Å². The summed E-state index contributed by atoms with van der Waals surface area (Å²) in [6.07, 6.45) is 2.79. The molecule has 2 N–H and O–H groups in total. The number of hydrogen-bond acceptors (Lipinski definition) is 3. The number of nitrogens with zero attached hydrogens (tertiary/aromatic N) is 1. The van der Waals surface area contributed by atoms with E-state index in [1.54, 1.807) is 24.3 Å². The predicted molar refractivity (Wildman–Crippen MR) is 81.1 cm³/mol. The fourth-order valence-corrected chi connectivity index (χ4v) is 2.78. The first kappa shape index (κ1) is 15.5. The molecule has 0 aromatic heterocycles. The summed E-state index contributed by atoms with van der Waals surface area (Å²) in [5.41, 5.74) is 1.23. The van der Waals surface area contributed by atoms with Gasteiger partial charge in [-0.2, -0.15) is 0 Å². The molecule has 1 unspecified atom stereocenters. The van der Waals surface area contributed by atoms with Gasteiger partial charge in [-0.1, -0.05) is 6.07 Å². The molecule has 1 aliphatic rings. The van der Waals surface area contributed by atoms with Crippen molar-refractivity contribution >= 4 is 17.5 Å². The van der Waals surface area contributed by atoms with E-state index in [-0.39, 0.29) is 18.4 Å². The van der Waals surface area contributed by atoms with Gasteiger partial charge in [-0.25, -0.2) is 0 Å². The van der Waals surface area contributed by atoms with Crippen LogP contribution in [0.2, 0.25) is 0 Å². The van der Waals surface area contributed by atoms with Crippen LogP contribution in [-0.4, -0.2) is 41.5 Å². The molecule has 1 aliphatic heterocycles. The van der Waals surface area contributed by atoms with Gasteiger partial charge in [0.1, 0.15) is 0 Å². The Labute approximate surface area is 125 Å². The Hall–Kier alpha value is -1.88. The number of aliphatic hydroxyl groups excluding tert-OH is 1. The van der Waals surface area contributed by atoms with Gasteiger partial charge in [-0.15, -0.1) is 0 Å². The van der Waals surface area contributed by atoms with Gasteiger partial charge in [-0.05, 0) is 43.4 Å². The molecule has 0 radical (unpaired) electrons. The third-order valence-electron chi connectivity index (χ3n) is 3.77. The van der Waals surface area contributed by atoms with Crippen LogP contribution in [0.25, 0.3) is 0 Å². The summed E-state index contributed by atoms with van der Waals surface area (Å²) in [6, 6.07) is 7.01. The summed E-state index contributed by atoms with van der Waals surface area (Å²) in [5, 5.41) is 11.7. The summed E-state index contributed by atoms with van der Waals surface area (Å²) < 4.78 is 0. The lowest BCUT2D eigenvalue weighted by Gasteiger charge is -2.32. The van der Waals surface area contributed by atoms with Crippen molar-refractivity contribution in [2.24, 2.45) is 5.92 Å². The zero-order valence-electron chi connectivity index (χ0n) is 12.3. The topological polar surface area (TPSA) is 69.6 Å². The van der Waals surface area contributed by atoms with E-state index in [4.69, 9.17) is 5.11 Å². The fourth-order valence-electron chi connectivity index (χ4n) is 2.78. The molecule has 114 valence electrons. The first-order valence-corrected chi connectivity index (χ1v) is 7.38. The lowest BCUT2D eigenvalue weighted by atomic mass is 9.94. The smallest absolute Gasteiger partial charge is 0.253 e. The van der Waals surface area contributed by atoms with Crippen LogP contribution < -0.4 is 5.32 Å². The van der Waals surface area contributed by atoms with Crippen LogP contribution in [0.3, 0.4) is 0 Å². The highest BCUT2D eigenvalue weighted by Crippen LogP contribution is 2.21. The molecule has 2 rings (SSSR count). The Bertz CT molecular complexity index is 514. The van der Waals surface area contributed by atoms with E-state index in [9.17, 15) is 9.59 Å². The lowest BCUT2D eigenvalue weighted by Crippen LogP contribution is -2.40. The van der Waals surface area contributed by atoms with Crippen LogP contribution in [0, 0.1) is 5.92 Å². The van der Waals surface area contributed by atoms with Gasteiger partial charge >= 0.3 is 0 Å². The lowest BCUT2D eigenvalue weighted by molar-refractivity contribution is -0.114. The molecule has 1 aromatic rings. The Morgan fingerprint density at radius 3 is 2.95 bits per heavy atom. The van der Waals surface area contributed by atoms with Gasteiger partial charge in [0.05, 0.1) is 0 Å². The molecule has 1 saturated heterocycles. The summed E-state index contributed by atoms with van der Waals surface area (Å²) >= 11 is 0. The number of piperidine rings is 1. The molecule has 21 heavy (non-hydrogen) atoms. The molecule has 1 heterocycles. The molecular weight excluding hydrogens is 268 g/mol. The Kier molecular flexibility index (Phi) is 5.33. The second kappa shape index (κ2) is 7.22. The average molecular weight is 290 g/mol. The van der Waals surface area contributed by atoms with E-state index in [0.717, 1.165) is 25.8 Å². The van der Waals surface area contributed by atoms with Crippen molar-refractivity contribution in [2.45, 2.75) is 26.2 Å². The summed E-state index contributed by atoms with van der Waals surface area (Å²) in [5.74, 6) is 0.219. The second-order valence-corrected chi connectivity index (χ2v) is 5.53. The quantitative estimate of drug-likeness (QED) is 0.889. The minimum absolute atomic E-state index is 0.00941. The van der Waals surface area contributed by atoms with Crippen LogP contribution in [0.4, 0.5) is 5.69 Å². The first-order valence-electron chi connectivity index (χ1n) is 7.38. The van der Waals surface area contributed by atoms with Gasteiger partial charge in [-0.3, -0.25) is 9.59 Å². The normalized spacial score (nSPS) is 18.4. The zero-order chi connectivity index (χ0) is 15.2. The van der Waals surface area contributed by atoms with E-state index in [0.29, 0.717) is 23.7 Å². The molecule has 0 bridgehead atoms. The maximum absolute atomic E-state index is 12.5. The van der Waals surface area contributed by atoms with Gasteiger partial charge in [0.25, 0.3) is 5.91 Å².